The molecule has 0 unspecified atom stereocenters. The molecule has 0 saturated heterocycles. The molecule has 0 spiro atoms. The average Bonchev–Trinajstić information content (AvgIpc) is 2.71. The summed E-state index contributed by atoms with van der Waals surface area (Å²) in [5, 5.41) is 13.6. The van der Waals surface area contributed by atoms with Crippen molar-refractivity contribution in [1.82, 2.24) is 14.8 Å². The van der Waals surface area contributed by atoms with E-state index in [9.17, 15) is 14.3 Å². The fourth-order valence-electron chi connectivity index (χ4n) is 1.54. The molecule has 0 saturated carbocycles. The molecule has 0 bridgehead atoms. The van der Waals surface area contributed by atoms with Crippen molar-refractivity contribution >= 4 is 5.97 Å². The van der Waals surface area contributed by atoms with Gasteiger partial charge in [0, 0.05) is 12.3 Å². The standard InChI is InChI=1S/C12H12FN3O3/c1-2-19-12(18)10-4-11(17)16(15-10)7-8-3-9(13)6-14-5-8/h3-6,17H,2,7H2,1H3. The second kappa shape index (κ2) is 5.47. The molecular weight excluding hydrogens is 253 g/mol. The first kappa shape index (κ1) is 13.0. The van der Waals surface area contributed by atoms with E-state index in [0.29, 0.717) is 5.56 Å². The second-order valence-electron chi connectivity index (χ2n) is 3.78. The maximum absolute atomic E-state index is 13.0. The average molecular weight is 265 g/mol. The van der Waals surface area contributed by atoms with Gasteiger partial charge in [-0.2, -0.15) is 5.10 Å². The van der Waals surface area contributed by atoms with Crippen LogP contribution in [-0.2, 0) is 11.3 Å². The molecule has 100 valence electrons. The van der Waals surface area contributed by atoms with Gasteiger partial charge in [0.15, 0.2) is 5.69 Å². The third-order valence-electron chi connectivity index (χ3n) is 2.34. The zero-order valence-corrected chi connectivity index (χ0v) is 10.2. The van der Waals surface area contributed by atoms with Gasteiger partial charge in [-0.05, 0) is 18.6 Å². The topological polar surface area (TPSA) is 77.2 Å². The highest BCUT2D eigenvalue weighted by atomic mass is 19.1. The van der Waals surface area contributed by atoms with Gasteiger partial charge in [0.1, 0.15) is 5.82 Å². The smallest absolute Gasteiger partial charge is 0.358 e. The number of carbonyl (C=O) groups excluding carboxylic acids is 1. The zero-order valence-electron chi connectivity index (χ0n) is 10.2. The van der Waals surface area contributed by atoms with Gasteiger partial charge >= 0.3 is 5.97 Å². The van der Waals surface area contributed by atoms with E-state index in [0.717, 1.165) is 6.20 Å². The molecule has 0 amide bonds. The van der Waals surface area contributed by atoms with E-state index >= 15 is 0 Å². The van der Waals surface area contributed by atoms with Gasteiger partial charge < -0.3 is 9.84 Å². The highest BCUT2D eigenvalue weighted by Crippen LogP contribution is 2.14. The quantitative estimate of drug-likeness (QED) is 0.844. The van der Waals surface area contributed by atoms with Crippen LogP contribution in [0.2, 0.25) is 0 Å². The Morgan fingerprint density at radius 2 is 2.26 bits per heavy atom. The molecule has 0 aromatic carbocycles. The summed E-state index contributed by atoms with van der Waals surface area (Å²) in [7, 11) is 0. The third-order valence-corrected chi connectivity index (χ3v) is 2.34. The zero-order chi connectivity index (χ0) is 13.8. The van der Waals surface area contributed by atoms with Gasteiger partial charge in [-0.1, -0.05) is 0 Å². The molecule has 2 heterocycles. The van der Waals surface area contributed by atoms with Gasteiger partial charge in [-0.25, -0.2) is 13.9 Å². The van der Waals surface area contributed by atoms with Crippen LogP contribution in [0.4, 0.5) is 4.39 Å². The number of nitrogens with zero attached hydrogens (tertiary/aromatic N) is 3. The van der Waals surface area contributed by atoms with Crippen molar-refractivity contribution in [3.63, 3.8) is 0 Å². The molecule has 0 aliphatic heterocycles. The molecule has 1 N–H and O–H groups in total. The number of esters is 1. The van der Waals surface area contributed by atoms with Crippen LogP contribution in [0.3, 0.4) is 0 Å². The largest absolute Gasteiger partial charge is 0.493 e. The lowest BCUT2D eigenvalue weighted by Gasteiger charge is -2.02. The van der Waals surface area contributed by atoms with Crippen LogP contribution >= 0.6 is 0 Å². The number of aromatic nitrogens is 3. The number of carbonyl (C=O) groups is 1. The first-order valence-electron chi connectivity index (χ1n) is 5.63. The van der Waals surface area contributed by atoms with E-state index in [1.807, 2.05) is 0 Å². The van der Waals surface area contributed by atoms with Gasteiger partial charge in [0.2, 0.25) is 5.88 Å². The van der Waals surface area contributed by atoms with Crippen LogP contribution in [0, 0.1) is 5.82 Å². The minimum atomic E-state index is -0.617. The van der Waals surface area contributed by atoms with Crippen LogP contribution in [0.1, 0.15) is 23.0 Å². The Morgan fingerprint density at radius 1 is 1.47 bits per heavy atom. The van der Waals surface area contributed by atoms with Crippen molar-refractivity contribution in [2.75, 3.05) is 6.61 Å². The number of pyridine rings is 1. The molecule has 2 aromatic heterocycles. The van der Waals surface area contributed by atoms with E-state index in [4.69, 9.17) is 4.74 Å². The molecule has 2 rings (SSSR count). The van der Waals surface area contributed by atoms with E-state index in [1.165, 1.54) is 23.0 Å². The van der Waals surface area contributed by atoms with Crippen molar-refractivity contribution in [1.29, 1.82) is 0 Å². The first-order chi connectivity index (χ1) is 9.10. The van der Waals surface area contributed by atoms with E-state index in [1.54, 1.807) is 6.92 Å². The number of ether oxygens (including phenoxy) is 1. The second-order valence-corrected chi connectivity index (χ2v) is 3.78. The summed E-state index contributed by atoms with van der Waals surface area (Å²) < 4.78 is 18.9. The summed E-state index contributed by atoms with van der Waals surface area (Å²) in [6, 6.07) is 2.48. The lowest BCUT2D eigenvalue weighted by atomic mass is 10.3. The fraction of sp³-hybridized carbons (Fsp3) is 0.250. The van der Waals surface area contributed by atoms with Gasteiger partial charge in [-0.15, -0.1) is 0 Å². The number of hydrogen-bond acceptors (Lipinski definition) is 5. The summed E-state index contributed by atoms with van der Waals surface area (Å²) in [5.41, 5.74) is 0.525. The molecular formula is C12H12FN3O3. The highest BCUT2D eigenvalue weighted by Gasteiger charge is 2.15. The summed E-state index contributed by atoms with van der Waals surface area (Å²) in [6.45, 7) is 2.00. The summed E-state index contributed by atoms with van der Waals surface area (Å²) in [6.07, 6.45) is 2.53. The predicted molar refractivity (Wildman–Crippen MR) is 63.1 cm³/mol. The molecule has 0 atom stereocenters. The molecule has 2 aromatic rings. The van der Waals surface area contributed by atoms with Crippen LogP contribution < -0.4 is 0 Å². The number of halogens is 1. The summed E-state index contributed by atoms with van der Waals surface area (Å²) >= 11 is 0. The van der Waals surface area contributed by atoms with Crippen molar-refractivity contribution < 1.29 is 19.0 Å². The maximum Gasteiger partial charge on any atom is 0.358 e. The van der Waals surface area contributed by atoms with E-state index in [-0.39, 0.29) is 24.7 Å². The third kappa shape index (κ3) is 3.06. The van der Waals surface area contributed by atoms with Crippen LogP contribution in [-0.4, -0.2) is 32.4 Å². The molecule has 0 aliphatic carbocycles. The van der Waals surface area contributed by atoms with Gasteiger partial charge in [-0.3, -0.25) is 4.98 Å². The van der Waals surface area contributed by atoms with E-state index in [2.05, 4.69) is 10.1 Å². The maximum atomic E-state index is 13.0. The molecule has 6 nitrogen and oxygen atoms in total. The van der Waals surface area contributed by atoms with Crippen LogP contribution in [0.25, 0.3) is 0 Å². The Kier molecular flexibility index (Phi) is 3.74. The van der Waals surface area contributed by atoms with Crippen LogP contribution in [0.15, 0.2) is 24.5 Å². The molecule has 0 fully saturated rings. The summed E-state index contributed by atoms with van der Waals surface area (Å²) in [4.78, 5) is 15.1. The van der Waals surface area contributed by atoms with Crippen LogP contribution in [0.5, 0.6) is 5.88 Å². The number of aromatic hydroxyl groups is 1. The normalized spacial score (nSPS) is 10.4. The van der Waals surface area contributed by atoms with Crippen molar-refractivity contribution in [2.45, 2.75) is 13.5 Å². The van der Waals surface area contributed by atoms with E-state index < -0.39 is 11.8 Å². The Labute approximate surface area is 108 Å². The molecule has 19 heavy (non-hydrogen) atoms. The molecule has 7 heteroatoms. The Balaban J connectivity index is 2.19. The monoisotopic (exact) mass is 265 g/mol. The van der Waals surface area contributed by atoms with Gasteiger partial charge in [0.25, 0.3) is 0 Å². The Bertz CT molecular complexity index is 598. The summed E-state index contributed by atoms with van der Waals surface area (Å²) in [5.74, 6) is -1.30. The number of rotatable bonds is 4. The van der Waals surface area contributed by atoms with Crippen molar-refractivity contribution in [2.24, 2.45) is 0 Å². The van der Waals surface area contributed by atoms with Crippen molar-refractivity contribution in [3.05, 3.63) is 41.6 Å². The predicted octanol–water partition coefficient (Wildman–Crippen LogP) is 1.35. The highest BCUT2D eigenvalue weighted by molar-refractivity contribution is 5.87. The van der Waals surface area contributed by atoms with Gasteiger partial charge in [0.05, 0.1) is 19.3 Å². The minimum Gasteiger partial charge on any atom is -0.493 e. The minimum absolute atomic E-state index is 0.00344. The van der Waals surface area contributed by atoms with Crippen molar-refractivity contribution in [3.8, 4) is 5.88 Å². The lowest BCUT2D eigenvalue weighted by Crippen LogP contribution is -2.08. The molecule has 0 radical (unpaired) electrons. The lowest BCUT2D eigenvalue weighted by molar-refractivity contribution is 0.0518. The Hall–Kier alpha value is -2.44. The Morgan fingerprint density at radius 3 is 2.95 bits per heavy atom. The SMILES string of the molecule is CCOC(=O)c1cc(O)n(Cc2cncc(F)c2)n1. The molecule has 0 aliphatic rings. The fourth-order valence-corrected chi connectivity index (χ4v) is 1.54. The number of hydrogen-bond donors (Lipinski definition) is 1. The first-order valence-corrected chi connectivity index (χ1v) is 5.63.